The minimum Gasteiger partial charge on any atom is -0.444 e. The van der Waals surface area contributed by atoms with Crippen LogP contribution in [-0.2, 0) is 9.57 Å². The number of carbonyl (C=O) groups is 1. The van der Waals surface area contributed by atoms with Gasteiger partial charge in [-0.25, -0.2) is 15.3 Å². The normalized spacial score (nSPS) is 14.6. The number of amides is 1. The van der Waals surface area contributed by atoms with Gasteiger partial charge in [-0.05, 0) is 32.9 Å². The van der Waals surface area contributed by atoms with Gasteiger partial charge in [0.2, 0.25) is 0 Å². The first-order valence-corrected chi connectivity index (χ1v) is 8.37. The summed E-state index contributed by atoms with van der Waals surface area (Å²) < 4.78 is 5.39. The van der Waals surface area contributed by atoms with Crippen LogP contribution in [0.25, 0.3) is 0 Å². The lowest BCUT2D eigenvalue weighted by molar-refractivity contribution is 0.0240. The molecule has 0 aliphatic carbocycles. The zero-order valence-corrected chi connectivity index (χ0v) is 15.6. The second-order valence-electron chi connectivity index (χ2n) is 6.16. The van der Waals surface area contributed by atoms with E-state index in [1.54, 1.807) is 18.2 Å². The highest BCUT2D eigenvalue weighted by molar-refractivity contribution is 5.68. The molecule has 1 aliphatic heterocycles. The Hall–Kier alpha value is -2.02. The smallest absolute Gasteiger partial charge is 0.410 e. The van der Waals surface area contributed by atoms with E-state index in [0.717, 1.165) is 18.8 Å². The van der Waals surface area contributed by atoms with Crippen molar-refractivity contribution in [2.45, 2.75) is 40.2 Å². The van der Waals surface area contributed by atoms with Gasteiger partial charge in [0.15, 0.2) is 0 Å². The predicted octanol–water partition coefficient (Wildman–Crippen LogP) is 3.14. The summed E-state index contributed by atoms with van der Waals surface area (Å²) in [5.41, 5.74) is 3.26. The van der Waals surface area contributed by atoms with Gasteiger partial charge in [0.1, 0.15) is 11.4 Å². The van der Waals surface area contributed by atoms with Gasteiger partial charge in [0.05, 0.1) is 19.0 Å². The quantitative estimate of drug-likeness (QED) is 0.854. The SMILES string of the molecule is CC.CONc1ccc(N2CCN(C(=O)OC(C)(C)C)CC2)cn1. The fraction of sp³-hybridized carbons (Fsp3) is 0.647. The minimum atomic E-state index is -0.456. The van der Waals surface area contributed by atoms with Crippen molar-refractivity contribution < 1.29 is 14.4 Å². The van der Waals surface area contributed by atoms with Crippen molar-refractivity contribution in [1.82, 2.24) is 9.88 Å². The highest BCUT2D eigenvalue weighted by Crippen LogP contribution is 2.18. The van der Waals surface area contributed by atoms with Crippen LogP contribution in [0.5, 0.6) is 0 Å². The Balaban J connectivity index is 0.00000139. The number of hydrogen-bond donors (Lipinski definition) is 1. The van der Waals surface area contributed by atoms with Crippen LogP contribution in [0.4, 0.5) is 16.3 Å². The van der Waals surface area contributed by atoms with Crippen molar-refractivity contribution in [2.24, 2.45) is 0 Å². The second kappa shape index (κ2) is 9.32. The molecule has 1 N–H and O–H groups in total. The number of piperazine rings is 1. The molecule has 1 aromatic rings. The van der Waals surface area contributed by atoms with E-state index in [1.165, 1.54) is 0 Å². The number of ether oxygens (including phenoxy) is 1. The number of nitrogens with zero attached hydrogens (tertiary/aromatic N) is 3. The molecule has 0 atom stereocenters. The topological polar surface area (TPSA) is 66.9 Å². The number of anilines is 2. The number of aromatic nitrogens is 1. The molecular weight excluding hydrogens is 308 g/mol. The number of nitrogens with one attached hydrogen (secondary N) is 1. The maximum Gasteiger partial charge on any atom is 0.410 e. The maximum absolute atomic E-state index is 12.0. The highest BCUT2D eigenvalue weighted by atomic mass is 16.6. The standard InChI is InChI=1S/C15H24N4O3.C2H6/c1-15(2,3)22-14(20)19-9-7-18(8-10-19)12-5-6-13(16-11-12)17-21-4;1-2/h5-6,11H,7-10H2,1-4H3,(H,16,17);1-2H3. The third-order valence-corrected chi connectivity index (χ3v) is 3.25. The molecule has 1 fully saturated rings. The van der Waals surface area contributed by atoms with Crippen molar-refractivity contribution in [3.63, 3.8) is 0 Å². The Labute approximate surface area is 144 Å². The van der Waals surface area contributed by atoms with Gasteiger partial charge in [-0.3, -0.25) is 4.84 Å². The minimum absolute atomic E-state index is 0.245. The van der Waals surface area contributed by atoms with Crippen LogP contribution >= 0.6 is 0 Å². The van der Waals surface area contributed by atoms with Gasteiger partial charge in [0.25, 0.3) is 0 Å². The third-order valence-electron chi connectivity index (χ3n) is 3.25. The van der Waals surface area contributed by atoms with Gasteiger partial charge in [0, 0.05) is 26.2 Å². The summed E-state index contributed by atoms with van der Waals surface area (Å²) in [6.07, 6.45) is 1.55. The Kier molecular flexibility index (Phi) is 7.78. The molecule has 1 aromatic heterocycles. The van der Waals surface area contributed by atoms with Gasteiger partial charge in [-0.2, -0.15) is 0 Å². The number of rotatable bonds is 3. The molecule has 24 heavy (non-hydrogen) atoms. The summed E-state index contributed by atoms with van der Waals surface area (Å²) in [7, 11) is 1.55. The zero-order chi connectivity index (χ0) is 18.2. The summed E-state index contributed by atoms with van der Waals surface area (Å²) >= 11 is 0. The molecule has 2 heterocycles. The van der Waals surface area contributed by atoms with Crippen LogP contribution in [0.15, 0.2) is 18.3 Å². The second-order valence-corrected chi connectivity index (χ2v) is 6.16. The Morgan fingerprint density at radius 2 is 1.79 bits per heavy atom. The fourth-order valence-electron chi connectivity index (χ4n) is 2.21. The van der Waals surface area contributed by atoms with Gasteiger partial charge >= 0.3 is 6.09 Å². The van der Waals surface area contributed by atoms with E-state index in [9.17, 15) is 4.79 Å². The number of carbonyl (C=O) groups excluding carboxylic acids is 1. The Bertz CT molecular complexity index is 492. The molecule has 7 heteroatoms. The average molecular weight is 338 g/mol. The first-order valence-electron chi connectivity index (χ1n) is 8.37. The monoisotopic (exact) mass is 338 g/mol. The molecule has 0 radical (unpaired) electrons. The van der Waals surface area contributed by atoms with E-state index in [0.29, 0.717) is 18.9 Å². The molecule has 1 amide bonds. The van der Waals surface area contributed by atoms with E-state index in [-0.39, 0.29) is 6.09 Å². The fourth-order valence-corrected chi connectivity index (χ4v) is 2.21. The van der Waals surface area contributed by atoms with Crippen LogP contribution in [0.1, 0.15) is 34.6 Å². The Morgan fingerprint density at radius 1 is 1.17 bits per heavy atom. The summed E-state index contributed by atoms with van der Waals surface area (Å²) in [5, 5.41) is 0. The highest BCUT2D eigenvalue weighted by Gasteiger charge is 2.25. The van der Waals surface area contributed by atoms with E-state index in [2.05, 4.69) is 15.4 Å². The van der Waals surface area contributed by atoms with Crippen LogP contribution in [0.2, 0.25) is 0 Å². The number of hydrogen-bond acceptors (Lipinski definition) is 6. The lowest BCUT2D eigenvalue weighted by Crippen LogP contribution is -2.50. The first-order chi connectivity index (χ1) is 11.4. The summed E-state index contributed by atoms with van der Waals surface area (Å²) in [5.74, 6) is 0.665. The molecule has 1 saturated heterocycles. The van der Waals surface area contributed by atoms with Crippen molar-refractivity contribution in [2.75, 3.05) is 43.7 Å². The van der Waals surface area contributed by atoms with Crippen molar-refractivity contribution in [3.8, 4) is 0 Å². The Morgan fingerprint density at radius 3 is 2.25 bits per heavy atom. The lowest BCUT2D eigenvalue weighted by Gasteiger charge is -2.36. The van der Waals surface area contributed by atoms with Gasteiger partial charge in [-0.15, -0.1) is 0 Å². The largest absolute Gasteiger partial charge is 0.444 e. The van der Waals surface area contributed by atoms with E-state index in [1.807, 2.05) is 46.8 Å². The van der Waals surface area contributed by atoms with Gasteiger partial charge in [-0.1, -0.05) is 13.8 Å². The average Bonchev–Trinajstić information content (AvgIpc) is 2.56. The van der Waals surface area contributed by atoms with Crippen LogP contribution in [0.3, 0.4) is 0 Å². The molecule has 0 unspecified atom stereocenters. The maximum atomic E-state index is 12.0. The molecule has 0 saturated carbocycles. The first kappa shape index (κ1) is 20.0. The summed E-state index contributed by atoms with van der Waals surface area (Å²) in [6.45, 7) is 12.4. The van der Waals surface area contributed by atoms with E-state index < -0.39 is 5.60 Å². The van der Waals surface area contributed by atoms with Crippen molar-refractivity contribution >= 4 is 17.6 Å². The van der Waals surface area contributed by atoms with E-state index >= 15 is 0 Å². The molecule has 0 spiro atoms. The van der Waals surface area contributed by atoms with Crippen LogP contribution in [-0.4, -0.2) is 54.9 Å². The molecule has 0 bridgehead atoms. The van der Waals surface area contributed by atoms with E-state index in [4.69, 9.17) is 9.57 Å². The molecule has 0 aromatic carbocycles. The molecule has 7 nitrogen and oxygen atoms in total. The number of pyridine rings is 1. The molecule has 2 rings (SSSR count). The lowest BCUT2D eigenvalue weighted by atomic mass is 10.2. The molecule has 136 valence electrons. The molecular formula is C17H30N4O3. The van der Waals surface area contributed by atoms with Crippen molar-refractivity contribution in [1.29, 1.82) is 0 Å². The van der Waals surface area contributed by atoms with Gasteiger partial charge < -0.3 is 14.5 Å². The summed E-state index contributed by atoms with van der Waals surface area (Å²) in [6, 6.07) is 3.84. The van der Waals surface area contributed by atoms with Crippen LogP contribution < -0.4 is 10.4 Å². The van der Waals surface area contributed by atoms with Crippen molar-refractivity contribution in [3.05, 3.63) is 18.3 Å². The molecule has 1 aliphatic rings. The predicted molar refractivity (Wildman–Crippen MR) is 96.2 cm³/mol. The van der Waals surface area contributed by atoms with Crippen LogP contribution in [0, 0.1) is 0 Å². The summed E-state index contributed by atoms with van der Waals surface area (Å²) in [4.78, 5) is 25.0. The zero-order valence-electron chi connectivity index (χ0n) is 15.6. The third kappa shape index (κ3) is 6.23.